The van der Waals surface area contributed by atoms with Gasteiger partial charge in [0.25, 0.3) is 15.9 Å². The van der Waals surface area contributed by atoms with E-state index in [-0.39, 0.29) is 10.8 Å². The highest BCUT2D eigenvalue weighted by molar-refractivity contribution is 14.1. The second kappa shape index (κ2) is 7.09. The minimum Gasteiger partial charge on any atom is -0.268 e. The van der Waals surface area contributed by atoms with Crippen LogP contribution in [0.3, 0.4) is 0 Å². The quantitative estimate of drug-likeness (QED) is 0.497. The standard InChI is InChI=1S/C15H20INO3S/c1-2-3-4-5-6-7-10-17-15(18)13-11-12(16)8-9-14(13)21(17,19)20/h8-9,11H,2-7,10H2,1H3. The molecule has 1 heterocycles. The van der Waals surface area contributed by atoms with Gasteiger partial charge in [0, 0.05) is 10.1 Å². The van der Waals surface area contributed by atoms with Crippen molar-refractivity contribution >= 4 is 38.5 Å². The Morgan fingerprint density at radius 1 is 1.10 bits per heavy atom. The molecule has 2 rings (SSSR count). The fourth-order valence-electron chi connectivity index (χ4n) is 2.51. The first-order valence-corrected chi connectivity index (χ1v) is 9.87. The van der Waals surface area contributed by atoms with Gasteiger partial charge in [-0.05, 0) is 47.2 Å². The zero-order valence-corrected chi connectivity index (χ0v) is 15.1. The average molecular weight is 421 g/mol. The molecular formula is C15H20INO3S. The third-order valence-corrected chi connectivity index (χ3v) is 6.19. The third-order valence-electron chi connectivity index (χ3n) is 3.68. The number of unbranched alkanes of at least 4 members (excludes halogenated alkanes) is 5. The van der Waals surface area contributed by atoms with Gasteiger partial charge >= 0.3 is 0 Å². The van der Waals surface area contributed by atoms with Crippen molar-refractivity contribution in [3.05, 3.63) is 27.3 Å². The van der Waals surface area contributed by atoms with E-state index in [1.165, 1.54) is 25.3 Å². The van der Waals surface area contributed by atoms with E-state index in [1.807, 2.05) is 0 Å². The largest absolute Gasteiger partial charge is 0.269 e. The summed E-state index contributed by atoms with van der Waals surface area (Å²) in [5.41, 5.74) is 0.313. The molecule has 1 aliphatic heterocycles. The number of benzene rings is 1. The second-order valence-corrected chi connectivity index (χ2v) is 8.37. The molecular weight excluding hydrogens is 401 g/mol. The van der Waals surface area contributed by atoms with E-state index in [9.17, 15) is 13.2 Å². The number of hydrogen-bond donors (Lipinski definition) is 0. The lowest BCUT2D eigenvalue weighted by atomic mass is 10.1. The molecule has 0 unspecified atom stereocenters. The van der Waals surface area contributed by atoms with E-state index in [0.717, 1.165) is 27.1 Å². The predicted octanol–water partition coefficient (Wildman–Crippen LogP) is 3.80. The molecule has 0 N–H and O–H groups in total. The predicted molar refractivity (Wildman–Crippen MR) is 90.8 cm³/mol. The summed E-state index contributed by atoms with van der Waals surface area (Å²) in [6.45, 7) is 2.45. The van der Waals surface area contributed by atoms with Gasteiger partial charge in [-0.1, -0.05) is 39.0 Å². The maximum atomic E-state index is 12.4. The maximum absolute atomic E-state index is 12.4. The molecule has 0 atom stereocenters. The zero-order valence-electron chi connectivity index (χ0n) is 12.1. The SMILES string of the molecule is CCCCCCCCN1C(=O)c2cc(I)ccc2S1(=O)=O. The summed E-state index contributed by atoms with van der Waals surface area (Å²) >= 11 is 2.08. The summed E-state index contributed by atoms with van der Waals surface area (Å²) in [5, 5.41) is 0. The van der Waals surface area contributed by atoms with Crippen LogP contribution in [0.4, 0.5) is 0 Å². The van der Waals surface area contributed by atoms with Gasteiger partial charge in [-0.3, -0.25) is 4.79 Å². The van der Waals surface area contributed by atoms with Gasteiger partial charge in [0.15, 0.2) is 0 Å². The molecule has 1 amide bonds. The van der Waals surface area contributed by atoms with E-state index < -0.39 is 10.0 Å². The van der Waals surface area contributed by atoms with E-state index >= 15 is 0 Å². The fraction of sp³-hybridized carbons (Fsp3) is 0.533. The van der Waals surface area contributed by atoms with Crippen molar-refractivity contribution in [1.29, 1.82) is 0 Å². The van der Waals surface area contributed by atoms with Crippen LogP contribution in [0.1, 0.15) is 55.8 Å². The molecule has 0 spiro atoms. The molecule has 0 radical (unpaired) electrons. The van der Waals surface area contributed by atoms with Gasteiger partial charge in [0.1, 0.15) is 4.90 Å². The molecule has 0 bridgehead atoms. The Bertz CT molecular complexity index is 628. The minimum absolute atomic E-state index is 0.152. The van der Waals surface area contributed by atoms with Crippen LogP contribution in [0.5, 0.6) is 0 Å². The van der Waals surface area contributed by atoms with Crippen molar-refractivity contribution in [2.45, 2.75) is 50.3 Å². The monoisotopic (exact) mass is 421 g/mol. The number of nitrogens with zero attached hydrogens (tertiary/aromatic N) is 1. The Kier molecular flexibility index (Phi) is 5.65. The Morgan fingerprint density at radius 3 is 2.48 bits per heavy atom. The molecule has 1 aliphatic rings. The molecule has 21 heavy (non-hydrogen) atoms. The Balaban J connectivity index is 2.01. The van der Waals surface area contributed by atoms with Crippen LogP contribution in [-0.2, 0) is 10.0 Å². The number of rotatable bonds is 7. The number of halogens is 1. The second-order valence-electron chi connectivity index (χ2n) is 5.29. The van der Waals surface area contributed by atoms with E-state index in [4.69, 9.17) is 0 Å². The van der Waals surface area contributed by atoms with Gasteiger partial charge < -0.3 is 0 Å². The van der Waals surface area contributed by atoms with Crippen LogP contribution in [-0.4, -0.2) is 25.2 Å². The van der Waals surface area contributed by atoms with E-state index in [1.54, 1.807) is 12.1 Å². The van der Waals surface area contributed by atoms with Crippen molar-refractivity contribution in [1.82, 2.24) is 4.31 Å². The number of hydrogen-bond acceptors (Lipinski definition) is 3. The number of amides is 1. The smallest absolute Gasteiger partial charge is 0.268 e. The van der Waals surface area contributed by atoms with Gasteiger partial charge in [-0.2, -0.15) is 0 Å². The topological polar surface area (TPSA) is 54.5 Å². The zero-order chi connectivity index (χ0) is 15.5. The lowest BCUT2D eigenvalue weighted by Gasteiger charge is -2.14. The molecule has 4 nitrogen and oxygen atoms in total. The average Bonchev–Trinajstić information content (AvgIpc) is 2.62. The van der Waals surface area contributed by atoms with Crippen LogP contribution in [0.2, 0.25) is 0 Å². The minimum atomic E-state index is -3.63. The normalized spacial score (nSPS) is 16.3. The molecule has 6 heteroatoms. The Morgan fingerprint density at radius 2 is 1.76 bits per heavy atom. The van der Waals surface area contributed by atoms with E-state index in [0.29, 0.717) is 12.1 Å². The first kappa shape index (κ1) is 16.7. The summed E-state index contributed by atoms with van der Waals surface area (Å²) in [5.74, 6) is -0.378. The van der Waals surface area contributed by atoms with Crippen LogP contribution in [0, 0.1) is 3.57 Å². The summed E-state index contributed by atoms with van der Waals surface area (Å²) in [4.78, 5) is 12.4. The molecule has 0 fully saturated rings. The molecule has 0 saturated heterocycles. The van der Waals surface area contributed by atoms with Crippen LogP contribution >= 0.6 is 22.6 Å². The number of carbonyl (C=O) groups excluding carboxylic acids is 1. The summed E-state index contributed by atoms with van der Waals surface area (Å²) in [6.07, 6.45) is 6.38. The highest BCUT2D eigenvalue weighted by atomic mass is 127. The van der Waals surface area contributed by atoms with Crippen LogP contribution < -0.4 is 0 Å². The molecule has 0 aromatic heterocycles. The van der Waals surface area contributed by atoms with E-state index in [2.05, 4.69) is 29.5 Å². The highest BCUT2D eigenvalue weighted by Gasteiger charge is 2.40. The van der Waals surface area contributed by atoms with Gasteiger partial charge in [0.2, 0.25) is 0 Å². The van der Waals surface area contributed by atoms with Crippen LogP contribution in [0.15, 0.2) is 23.1 Å². The third kappa shape index (κ3) is 3.59. The summed E-state index contributed by atoms with van der Waals surface area (Å²) in [7, 11) is -3.63. The molecule has 116 valence electrons. The Labute approximate surface area is 140 Å². The summed E-state index contributed by atoms with van der Waals surface area (Å²) in [6, 6.07) is 4.90. The number of fused-ring (bicyclic) bond motifs is 1. The fourth-order valence-corrected chi connectivity index (χ4v) is 4.59. The van der Waals surface area contributed by atoms with Gasteiger partial charge in [0.05, 0.1) is 5.56 Å². The summed E-state index contributed by atoms with van der Waals surface area (Å²) < 4.78 is 26.7. The molecule has 0 aliphatic carbocycles. The van der Waals surface area contributed by atoms with Gasteiger partial charge in [-0.15, -0.1) is 0 Å². The van der Waals surface area contributed by atoms with Crippen molar-refractivity contribution in [3.63, 3.8) is 0 Å². The lowest BCUT2D eigenvalue weighted by Crippen LogP contribution is -2.30. The van der Waals surface area contributed by atoms with Crippen LogP contribution in [0.25, 0.3) is 0 Å². The van der Waals surface area contributed by atoms with Crippen molar-refractivity contribution in [3.8, 4) is 0 Å². The number of carbonyl (C=O) groups is 1. The molecule has 0 saturated carbocycles. The first-order valence-electron chi connectivity index (χ1n) is 7.35. The van der Waals surface area contributed by atoms with Crippen molar-refractivity contribution < 1.29 is 13.2 Å². The maximum Gasteiger partial charge on any atom is 0.269 e. The highest BCUT2D eigenvalue weighted by Crippen LogP contribution is 2.31. The first-order chi connectivity index (χ1) is 9.98. The lowest BCUT2D eigenvalue weighted by molar-refractivity contribution is 0.0869. The van der Waals surface area contributed by atoms with Crippen molar-refractivity contribution in [2.75, 3.05) is 6.54 Å². The Hall–Kier alpha value is -0.630. The number of sulfonamides is 1. The van der Waals surface area contributed by atoms with Crippen molar-refractivity contribution in [2.24, 2.45) is 0 Å². The molecule has 1 aromatic rings. The molecule has 1 aromatic carbocycles. The van der Waals surface area contributed by atoms with Gasteiger partial charge in [-0.25, -0.2) is 12.7 Å².